The van der Waals surface area contributed by atoms with Crippen molar-refractivity contribution < 1.29 is 27.4 Å². The van der Waals surface area contributed by atoms with Crippen LogP contribution in [0.3, 0.4) is 0 Å². The van der Waals surface area contributed by atoms with Gasteiger partial charge in [-0.2, -0.15) is 23.1 Å². The SMILES string of the molecule is CCCc1cc2c(N3CCn4c(nnc4C(F)(F)F)C3)nc(Oc3ccccc3C(=O)OC)nc2s1. The fourth-order valence-electron chi connectivity index (χ4n) is 4.07. The van der Waals surface area contributed by atoms with E-state index in [1.165, 1.54) is 18.4 Å². The van der Waals surface area contributed by atoms with E-state index in [4.69, 9.17) is 9.47 Å². The van der Waals surface area contributed by atoms with Crippen LogP contribution in [0.2, 0.25) is 0 Å². The lowest BCUT2D eigenvalue weighted by Gasteiger charge is -2.29. The molecule has 0 saturated heterocycles. The predicted molar refractivity (Wildman–Crippen MR) is 125 cm³/mol. The monoisotopic (exact) mass is 518 g/mol. The first-order valence-electron chi connectivity index (χ1n) is 11.2. The molecule has 4 heterocycles. The van der Waals surface area contributed by atoms with Gasteiger partial charge in [0.2, 0.25) is 5.82 Å². The number of methoxy groups -OCH3 is 1. The summed E-state index contributed by atoms with van der Waals surface area (Å²) in [6, 6.07) is 8.60. The van der Waals surface area contributed by atoms with E-state index in [2.05, 4.69) is 27.1 Å². The Balaban J connectivity index is 1.55. The molecule has 0 bridgehead atoms. The largest absolute Gasteiger partial charge is 0.465 e. The van der Waals surface area contributed by atoms with Gasteiger partial charge in [-0.3, -0.25) is 0 Å². The van der Waals surface area contributed by atoms with Crippen LogP contribution in [0.4, 0.5) is 19.0 Å². The van der Waals surface area contributed by atoms with Crippen molar-refractivity contribution in [1.29, 1.82) is 0 Å². The summed E-state index contributed by atoms with van der Waals surface area (Å²) >= 11 is 1.50. The zero-order valence-corrected chi connectivity index (χ0v) is 20.2. The molecule has 0 radical (unpaired) electrons. The maximum Gasteiger partial charge on any atom is 0.451 e. The number of alkyl halides is 3. The van der Waals surface area contributed by atoms with Gasteiger partial charge in [-0.15, -0.1) is 21.5 Å². The Hall–Kier alpha value is -3.74. The number of esters is 1. The number of rotatable bonds is 6. The molecule has 0 atom stereocenters. The molecule has 188 valence electrons. The summed E-state index contributed by atoms with van der Waals surface area (Å²) in [5, 5.41) is 7.91. The number of para-hydroxylation sites is 1. The number of nitrogens with zero attached hydrogens (tertiary/aromatic N) is 6. The molecule has 4 aromatic rings. The number of anilines is 1. The summed E-state index contributed by atoms with van der Waals surface area (Å²) in [4.78, 5) is 25.0. The molecule has 36 heavy (non-hydrogen) atoms. The average molecular weight is 519 g/mol. The molecule has 1 aromatic carbocycles. The summed E-state index contributed by atoms with van der Waals surface area (Å²) in [5.41, 5.74) is 0.217. The van der Waals surface area contributed by atoms with E-state index in [9.17, 15) is 18.0 Å². The minimum atomic E-state index is -4.58. The Labute approximate surface area is 207 Å². The van der Waals surface area contributed by atoms with Crippen molar-refractivity contribution in [3.8, 4) is 11.8 Å². The van der Waals surface area contributed by atoms with Gasteiger partial charge in [0.15, 0.2) is 5.82 Å². The molecule has 0 unspecified atom stereocenters. The number of ether oxygens (including phenoxy) is 2. The van der Waals surface area contributed by atoms with Crippen molar-refractivity contribution in [3.63, 3.8) is 0 Å². The number of thiophene rings is 1. The molecule has 13 heteroatoms. The van der Waals surface area contributed by atoms with Gasteiger partial charge < -0.3 is 18.9 Å². The third-order valence-corrected chi connectivity index (χ3v) is 6.79. The van der Waals surface area contributed by atoms with E-state index in [-0.39, 0.29) is 42.8 Å². The fraction of sp³-hybridized carbons (Fsp3) is 0.348. The van der Waals surface area contributed by atoms with Crippen molar-refractivity contribution in [3.05, 3.63) is 52.4 Å². The van der Waals surface area contributed by atoms with Crippen molar-refractivity contribution in [1.82, 2.24) is 24.7 Å². The van der Waals surface area contributed by atoms with Crippen molar-refractivity contribution in [2.24, 2.45) is 0 Å². The molecule has 9 nitrogen and oxygen atoms in total. The minimum Gasteiger partial charge on any atom is -0.465 e. The number of carbonyl (C=O) groups is 1. The molecule has 1 aliphatic rings. The zero-order chi connectivity index (χ0) is 25.4. The van der Waals surface area contributed by atoms with E-state index >= 15 is 0 Å². The van der Waals surface area contributed by atoms with Crippen molar-refractivity contribution >= 4 is 33.3 Å². The van der Waals surface area contributed by atoms with Gasteiger partial charge in [0.05, 0.1) is 19.0 Å². The van der Waals surface area contributed by atoms with Crippen molar-refractivity contribution in [2.45, 2.75) is 39.0 Å². The summed E-state index contributed by atoms with van der Waals surface area (Å²) in [6.07, 6.45) is -2.78. The van der Waals surface area contributed by atoms with Crippen LogP contribution < -0.4 is 9.64 Å². The van der Waals surface area contributed by atoms with E-state index in [1.807, 2.05) is 11.0 Å². The molecular weight excluding hydrogens is 497 g/mol. The van der Waals surface area contributed by atoms with Crippen LogP contribution in [0.5, 0.6) is 11.8 Å². The van der Waals surface area contributed by atoms with Crippen LogP contribution in [0.1, 0.15) is 40.2 Å². The van der Waals surface area contributed by atoms with Gasteiger partial charge >= 0.3 is 18.2 Å². The number of hydrogen-bond acceptors (Lipinski definition) is 9. The standard InChI is InChI=1S/C23H21F3N6O3S/c1-3-6-13-11-15-18(31-9-10-32-17(12-31)29-30-21(32)23(24,25)26)27-22(28-19(15)36-13)35-16-8-5-4-7-14(16)20(33)34-2/h4-5,7-8,11H,3,6,9-10,12H2,1-2H3. The number of aryl methyl sites for hydroxylation is 1. The van der Waals surface area contributed by atoms with Gasteiger partial charge in [0.1, 0.15) is 22.0 Å². The Morgan fingerprint density at radius 1 is 1.17 bits per heavy atom. The number of halogens is 3. The number of aromatic nitrogens is 5. The van der Waals surface area contributed by atoms with Crippen LogP contribution >= 0.6 is 11.3 Å². The summed E-state index contributed by atoms with van der Waals surface area (Å²) < 4.78 is 51.7. The molecule has 5 rings (SSSR count). The Morgan fingerprint density at radius 2 is 1.97 bits per heavy atom. The number of fused-ring (bicyclic) bond motifs is 2. The molecule has 0 N–H and O–H groups in total. The van der Waals surface area contributed by atoms with Crippen LogP contribution in [-0.4, -0.2) is 44.4 Å². The lowest BCUT2D eigenvalue weighted by atomic mass is 10.2. The van der Waals surface area contributed by atoms with Gasteiger partial charge in [-0.1, -0.05) is 25.5 Å². The zero-order valence-electron chi connectivity index (χ0n) is 19.4. The Bertz CT molecular complexity index is 1430. The Kier molecular flexibility index (Phi) is 6.24. The highest BCUT2D eigenvalue weighted by molar-refractivity contribution is 7.18. The molecule has 0 saturated carbocycles. The van der Waals surface area contributed by atoms with Gasteiger partial charge in [0.25, 0.3) is 0 Å². The third kappa shape index (κ3) is 4.45. The molecule has 0 spiro atoms. The molecular formula is C23H21F3N6O3S. The molecule has 3 aromatic heterocycles. The van der Waals surface area contributed by atoms with Gasteiger partial charge in [0, 0.05) is 18.0 Å². The second kappa shape index (κ2) is 9.37. The first-order chi connectivity index (χ1) is 17.3. The lowest BCUT2D eigenvalue weighted by molar-refractivity contribution is -0.147. The van der Waals surface area contributed by atoms with E-state index in [0.29, 0.717) is 10.6 Å². The maximum absolute atomic E-state index is 13.3. The smallest absolute Gasteiger partial charge is 0.451 e. The topological polar surface area (TPSA) is 95.3 Å². The fourth-order valence-corrected chi connectivity index (χ4v) is 5.19. The highest BCUT2D eigenvalue weighted by Gasteiger charge is 2.39. The van der Waals surface area contributed by atoms with Crippen molar-refractivity contribution in [2.75, 3.05) is 18.6 Å². The summed E-state index contributed by atoms with van der Waals surface area (Å²) in [5.74, 6) is -0.624. The van der Waals surface area contributed by atoms with Gasteiger partial charge in [-0.25, -0.2) is 4.79 Å². The number of hydrogen-bond donors (Lipinski definition) is 0. The highest BCUT2D eigenvalue weighted by atomic mass is 32.1. The van der Waals surface area contributed by atoms with Gasteiger partial charge in [-0.05, 0) is 24.6 Å². The van der Waals surface area contributed by atoms with Crippen LogP contribution in [0.15, 0.2) is 30.3 Å². The number of carbonyl (C=O) groups excluding carboxylic acids is 1. The van der Waals surface area contributed by atoms with Crippen LogP contribution in [0, 0.1) is 0 Å². The quantitative estimate of drug-likeness (QED) is 0.334. The summed E-state index contributed by atoms with van der Waals surface area (Å²) in [7, 11) is 1.28. The van der Waals surface area contributed by atoms with Crippen LogP contribution in [0.25, 0.3) is 10.2 Å². The maximum atomic E-state index is 13.3. The second-order valence-corrected chi connectivity index (χ2v) is 9.23. The Morgan fingerprint density at radius 3 is 2.72 bits per heavy atom. The molecule has 0 aliphatic carbocycles. The summed E-state index contributed by atoms with van der Waals surface area (Å²) in [6.45, 7) is 2.48. The minimum absolute atomic E-state index is 0.0155. The van der Waals surface area contributed by atoms with Crippen LogP contribution in [-0.2, 0) is 30.4 Å². The average Bonchev–Trinajstić information content (AvgIpc) is 3.47. The normalized spacial score (nSPS) is 13.6. The van der Waals surface area contributed by atoms with E-state index < -0.39 is 18.0 Å². The van der Waals surface area contributed by atoms with E-state index in [1.54, 1.807) is 24.3 Å². The first-order valence-corrected chi connectivity index (χ1v) is 12.0. The first kappa shape index (κ1) is 24.0. The molecule has 0 fully saturated rings. The molecule has 0 amide bonds. The second-order valence-electron chi connectivity index (χ2n) is 8.11. The predicted octanol–water partition coefficient (Wildman–Crippen LogP) is 4.85. The third-order valence-electron chi connectivity index (χ3n) is 5.70. The highest BCUT2D eigenvalue weighted by Crippen LogP contribution is 2.37. The lowest BCUT2D eigenvalue weighted by Crippen LogP contribution is -2.36. The molecule has 1 aliphatic heterocycles. The number of benzene rings is 1. The van der Waals surface area contributed by atoms with E-state index in [0.717, 1.165) is 27.7 Å².